The van der Waals surface area contributed by atoms with E-state index in [1.165, 1.54) is 30.0 Å². The molecule has 1 aromatic heterocycles. The van der Waals surface area contributed by atoms with Gasteiger partial charge >= 0.3 is 0 Å². The summed E-state index contributed by atoms with van der Waals surface area (Å²) >= 11 is 1.42. The molecule has 2 aliphatic heterocycles. The molecule has 10 heteroatoms. The van der Waals surface area contributed by atoms with Gasteiger partial charge in [0, 0.05) is 35.6 Å². The molecule has 0 aliphatic carbocycles. The zero-order chi connectivity index (χ0) is 20.6. The normalized spacial score (nSPS) is 23.8. The van der Waals surface area contributed by atoms with Gasteiger partial charge in [-0.3, -0.25) is 4.79 Å². The summed E-state index contributed by atoms with van der Waals surface area (Å²) in [6.45, 7) is 0.720. The van der Waals surface area contributed by atoms with Crippen LogP contribution in [0.1, 0.15) is 22.5 Å². The average molecular weight is 422 g/mol. The predicted molar refractivity (Wildman–Crippen MR) is 103 cm³/mol. The molecule has 3 N–H and O–H groups in total. The number of rotatable bonds is 3. The maximum absolute atomic E-state index is 14.8. The third-order valence-electron chi connectivity index (χ3n) is 5.06. The summed E-state index contributed by atoms with van der Waals surface area (Å²) in [4.78, 5) is 20.4. The van der Waals surface area contributed by atoms with Crippen molar-refractivity contribution in [3.63, 3.8) is 0 Å². The van der Waals surface area contributed by atoms with E-state index in [0.717, 1.165) is 6.20 Å². The molecule has 2 aromatic rings. The van der Waals surface area contributed by atoms with E-state index in [4.69, 9.17) is 10.5 Å². The average Bonchev–Trinajstić information content (AvgIpc) is 2.69. The monoisotopic (exact) mass is 422 g/mol. The van der Waals surface area contributed by atoms with E-state index in [1.807, 2.05) is 0 Å². The molecule has 2 atom stereocenters. The number of fused-ring (bicyclic) bond motifs is 1. The molecule has 2 unspecified atom stereocenters. The third kappa shape index (κ3) is 3.69. The number of aromatic nitrogens is 1. The molecular weight excluding hydrogens is 405 g/mol. The fourth-order valence-corrected chi connectivity index (χ4v) is 4.68. The number of carbonyl (C=O) groups is 1. The van der Waals surface area contributed by atoms with Crippen LogP contribution in [0.25, 0.3) is 0 Å². The molecule has 29 heavy (non-hydrogen) atoms. The van der Waals surface area contributed by atoms with Gasteiger partial charge in [0.05, 0.1) is 12.8 Å². The Morgan fingerprint density at radius 2 is 2.10 bits per heavy atom. The highest BCUT2D eigenvalue weighted by Crippen LogP contribution is 2.45. The highest BCUT2D eigenvalue weighted by Gasteiger charge is 2.47. The molecule has 0 radical (unpaired) electrons. The van der Waals surface area contributed by atoms with Crippen molar-refractivity contribution in [2.75, 3.05) is 24.3 Å². The Morgan fingerprint density at radius 1 is 1.28 bits per heavy atom. The minimum Gasteiger partial charge on any atom is -0.379 e. The lowest BCUT2D eigenvalue weighted by Crippen LogP contribution is -2.48. The van der Waals surface area contributed by atoms with Crippen LogP contribution in [0.5, 0.6) is 0 Å². The number of carbonyl (C=O) groups excluding carboxylic acids is 1. The smallest absolute Gasteiger partial charge is 0.277 e. The molecule has 1 aromatic carbocycles. The largest absolute Gasteiger partial charge is 0.379 e. The number of pyridine rings is 1. The summed E-state index contributed by atoms with van der Waals surface area (Å²) in [5.41, 5.74) is 4.84. The summed E-state index contributed by atoms with van der Waals surface area (Å²) in [6.07, 6.45) is 1.44. The van der Waals surface area contributed by atoms with Crippen molar-refractivity contribution in [2.45, 2.75) is 12.0 Å². The molecule has 2 aliphatic rings. The quantitative estimate of drug-likeness (QED) is 0.794. The Bertz CT molecular complexity index is 1000. The molecule has 4 rings (SSSR count). The van der Waals surface area contributed by atoms with Gasteiger partial charge in [-0.15, -0.1) is 0 Å². The Labute approximate surface area is 168 Å². The standard InChI is InChI=1S/C19H17F3N4O2S/c20-11-5-15(22)16(24-7-11)17(27)25-12-1-2-14(21)13(6-12)19-9-28-4-3-10(19)8-29-18(23)26-19/h1-2,5-7,10H,3-4,8-9H2,(H2,23,26)(H,25,27). The molecule has 6 nitrogen and oxygen atoms in total. The van der Waals surface area contributed by atoms with Crippen LogP contribution in [0.2, 0.25) is 0 Å². The minimum atomic E-state index is -1.09. The first kappa shape index (κ1) is 19.7. The van der Waals surface area contributed by atoms with E-state index < -0.39 is 34.6 Å². The summed E-state index contributed by atoms with van der Waals surface area (Å²) < 4.78 is 47.3. The van der Waals surface area contributed by atoms with Gasteiger partial charge in [-0.1, -0.05) is 11.8 Å². The zero-order valence-corrected chi connectivity index (χ0v) is 15.9. The first-order valence-corrected chi connectivity index (χ1v) is 9.86. The van der Waals surface area contributed by atoms with E-state index in [2.05, 4.69) is 15.3 Å². The second-order valence-corrected chi connectivity index (χ2v) is 7.90. The van der Waals surface area contributed by atoms with E-state index in [-0.39, 0.29) is 23.8 Å². The molecular formula is C19H17F3N4O2S. The molecule has 152 valence electrons. The van der Waals surface area contributed by atoms with Gasteiger partial charge < -0.3 is 15.8 Å². The lowest BCUT2D eigenvalue weighted by molar-refractivity contribution is 0.00304. The minimum absolute atomic E-state index is 0.0187. The number of benzene rings is 1. The summed E-state index contributed by atoms with van der Waals surface area (Å²) in [7, 11) is 0. The Morgan fingerprint density at radius 3 is 2.90 bits per heavy atom. The second-order valence-electron chi connectivity index (χ2n) is 6.86. The van der Waals surface area contributed by atoms with E-state index in [1.54, 1.807) is 0 Å². The molecule has 1 fully saturated rings. The van der Waals surface area contributed by atoms with Gasteiger partial charge in [-0.2, -0.15) is 0 Å². The number of thioether (sulfide) groups is 1. The van der Waals surface area contributed by atoms with Crippen molar-refractivity contribution in [3.8, 4) is 0 Å². The van der Waals surface area contributed by atoms with Gasteiger partial charge in [-0.25, -0.2) is 23.1 Å². The molecule has 1 saturated heterocycles. The lowest BCUT2D eigenvalue weighted by Gasteiger charge is -2.43. The fraction of sp³-hybridized carbons (Fsp3) is 0.316. The summed E-state index contributed by atoms with van der Waals surface area (Å²) in [6, 6.07) is 4.56. The Hall–Kier alpha value is -2.59. The number of hydrogen-bond donors (Lipinski definition) is 2. The number of amides is 1. The van der Waals surface area contributed by atoms with Crippen molar-refractivity contribution in [1.82, 2.24) is 4.98 Å². The van der Waals surface area contributed by atoms with Gasteiger partial charge in [-0.05, 0) is 24.6 Å². The first-order valence-electron chi connectivity index (χ1n) is 8.87. The van der Waals surface area contributed by atoms with Gasteiger partial charge in [0.2, 0.25) is 0 Å². The number of hydrogen-bond acceptors (Lipinski definition) is 6. The van der Waals surface area contributed by atoms with E-state index in [0.29, 0.717) is 30.0 Å². The van der Waals surface area contributed by atoms with Crippen LogP contribution in [-0.4, -0.2) is 35.0 Å². The summed E-state index contributed by atoms with van der Waals surface area (Å²) in [5, 5.41) is 2.82. The van der Waals surface area contributed by atoms with Crippen molar-refractivity contribution in [3.05, 3.63) is 59.2 Å². The fourth-order valence-electron chi connectivity index (χ4n) is 3.63. The molecule has 0 bridgehead atoms. The van der Waals surface area contributed by atoms with Gasteiger partial charge in [0.15, 0.2) is 16.7 Å². The number of halogens is 3. The van der Waals surface area contributed by atoms with Crippen LogP contribution in [0.4, 0.5) is 18.9 Å². The lowest BCUT2D eigenvalue weighted by atomic mass is 9.76. The van der Waals surface area contributed by atoms with Crippen molar-refractivity contribution < 1.29 is 22.7 Å². The summed E-state index contributed by atoms with van der Waals surface area (Å²) in [5.74, 6) is -2.67. The topological polar surface area (TPSA) is 89.6 Å². The second kappa shape index (κ2) is 7.68. The SMILES string of the molecule is NC1=NC2(c3cc(NC(=O)c4ncc(F)cc4F)ccc3F)COCCC2CS1. The van der Waals surface area contributed by atoms with Crippen LogP contribution in [0.15, 0.2) is 35.5 Å². The molecule has 0 saturated carbocycles. The highest BCUT2D eigenvalue weighted by atomic mass is 32.2. The van der Waals surface area contributed by atoms with Crippen LogP contribution in [0, 0.1) is 23.4 Å². The number of amidine groups is 1. The van der Waals surface area contributed by atoms with E-state index >= 15 is 0 Å². The maximum Gasteiger partial charge on any atom is 0.277 e. The Balaban J connectivity index is 1.69. The van der Waals surface area contributed by atoms with Crippen LogP contribution in [0.3, 0.4) is 0 Å². The number of nitrogens with one attached hydrogen (secondary N) is 1. The highest BCUT2D eigenvalue weighted by molar-refractivity contribution is 8.13. The van der Waals surface area contributed by atoms with Gasteiger partial charge in [0.25, 0.3) is 5.91 Å². The number of anilines is 1. The van der Waals surface area contributed by atoms with Crippen LogP contribution < -0.4 is 11.1 Å². The van der Waals surface area contributed by atoms with E-state index in [9.17, 15) is 18.0 Å². The third-order valence-corrected chi connectivity index (χ3v) is 6.02. The van der Waals surface area contributed by atoms with Crippen molar-refractivity contribution >= 4 is 28.5 Å². The predicted octanol–water partition coefficient (Wildman–Crippen LogP) is 3.04. The number of nitrogens with two attached hydrogens (primary N) is 1. The molecule has 3 heterocycles. The number of aliphatic imine (C=N–C) groups is 1. The van der Waals surface area contributed by atoms with Crippen molar-refractivity contribution in [1.29, 1.82) is 0 Å². The zero-order valence-electron chi connectivity index (χ0n) is 15.1. The number of ether oxygens (including phenoxy) is 1. The maximum atomic E-state index is 14.8. The van der Waals surface area contributed by atoms with Crippen LogP contribution in [-0.2, 0) is 10.3 Å². The van der Waals surface area contributed by atoms with Gasteiger partial charge in [0.1, 0.15) is 17.2 Å². The van der Waals surface area contributed by atoms with Crippen LogP contribution >= 0.6 is 11.8 Å². The molecule has 1 amide bonds. The van der Waals surface area contributed by atoms with Crippen molar-refractivity contribution in [2.24, 2.45) is 16.6 Å². The first-order chi connectivity index (χ1) is 13.9. The molecule has 0 spiro atoms. The Kier molecular flexibility index (Phi) is 5.22. The number of nitrogens with zero attached hydrogens (tertiary/aromatic N) is 2.